The Balaban J connectivity index is 2.13. The summed E-state index contributed by atoms with van der Waals surface area (Å²) in [5.41, 5.74) is 6.70. The summed E-state index contributed by atoms with van der Waals surface area (Å²) in [4.78, 5) is 12.4. The zero-order valence-electron chi connectivity index (χ0n) is 11.8. The lowest BCUT2D eigenvalue weighted by atomic mass is 9.85. The van der Waals surface area contributed by atoms with Crippen LogP contribution < -0.4 is 15.8 Å². The van der Waals surface area contributed by atoms with Crippen LogP contribution in [-0.2, 0) is 0 Å². The van der Waals surface area contributed by atoms with Crippen molar-refractivity contribution in [3.8, 4) is 5.75 Å². The number of rotatable bonds is 4. The highest BCUT2D eigenvalue weighted by Gasteiger charge is 2.27. The molecule has 0 spiro atoms. The van der Waals surface area contributed by atoms with Gasteiger partial charge < -0.3 is 20.9 Å². The predicted octanol–water partition coefficient (Wildman–Crippen LogP) is 1.56. The third-order valence-electron chi connectivity index (χ3n) is 3.95. The van der Waals surface area contributed by atoms with E-state index in [-0.39, 0.29) is 24.5 Å². The van der Waals surface area contributed by atoms with Crippen LogP contribution in [0, 0.1) is 5.92 Å². The monoisotopic (exact) mass is 278 g/mol. The Bertz CT molecular complexity index is 476. The molecule has 1 saturated carbocycles. The van der Waals surface area contributed by atoms with Crippen LogP contribution in [0.5, 0.6) is 5.75 Å². The topological polar surface area (TPSA) is 84.6 Å². The fourth-order valence-electron chi connectivity index (χ4n) is 2.82. The van der Waals surface area contributed by atoms with Gasteiger partial charge in [0.1, 0.15) is 0 Å². The number of anilines is 1. The number of carbonyl (C=O) groups excluding carboxylic acids is 1. The van der Waals surface area contributed by atoms with E-state index in [1.165, 1.54) is 7.11 Å². The number of hydrogen-bond donors (Lipinski definition) is 3. The maximum Gasteiger partial charge on any atom is 0.255 e. The number of nitrogens with two attached hydrogens (primary N) is 1. The van der Waals surface area contributed by atoms with E-state index in [0.717, 1.165) is 25.7 Å². The Morgan fingerprint density at radius 3 is 2.90 bits per heavy atom. The first-order valence-electron chi connectivity index (χ1n) is 7.01. The molecule has 110 valence electrons. The molecule has 1 fully saturated rings. The molecule has 2 atom stereocenters. The zero-order chi connectivity index (χ0) is 14.5. The molecule has 1 aliphatic carbocycles. The Labute approximate surface area is 119 Å². The third kappa shape index (κ3) is 3.04. The first-order chi connectivity index (χ1) is 9.67. The van der Waals surface area contributed by atoms with Gasteiger partial charge in [-0.1, -0.05) is 18.9 Å². The average Bonchev–Trinajstić information content (AvgIpc) is 2.47. The lowest BCUT2D eigenvalue weighted by Gasteiger charge is -2.31. The van der Waals surface area contributed by atoms with E-state index in [9.17, 15) is 9.90 Å². The maximum atomic E-state index is 12.4. The minimum atomic E-state index is -0.195. The van der Waals surface area contributed by atoms with E-state index in [4.69, 9.17) is 10.5 Å². The number of benzene rings is 1. The van der Waals surface area contributed by atoms with Crippen LogP contribution in [-0.4, -0.2) is 30.8 Å². The fourth-order valence-corrected chi connectivity index (χ4v) is 2.82. The second-order valence-corrected chi connectivity index (χ2v) is 5.24. The molecule has 5 heteroatoms. The van der Waals surface area contributed by atoms with E-state index in [2.05, 4.69) is 5.32 Å². The van der Waals surface area contributed by atoms with Gasteiger partial charge in [-0.3, -0.25) is 4.79 Å². The molecular formula is C15H22N2O3. The zero-order valence-corrected chi connectivity index (χ0v) is 11.8. The number of hydrogen-bond acceptors (Lipinski definition) is 4. The summed E-state index contributed by atoms with van der Waals surface area (Å²) < 4.78 is 5.20. The molecule has 0 bridgehead atoms. The van der Waals surface area contributed by atoms with Gasteiger partial charge in [0.15, 0.2) is 5.75 Å². The van der Waals surface area contributed by atoms with E-state index in [0.29, 0.717) is 17.0 Å². The third-order valence-corrected chi connectivity index (χ3v) is 3.95. The SMILES string of the molecule is COc1c(N)cccc1C(=O)NC1CCCCC1CO. The summed E-state index contributed by atoms with van der Waals surface area (Å²) in [6, 6.07) is 5.15. The molecule has 4 N–H and O–H groups in total. The number of aliphatic hydroxyl groups is 1. The van der Waals surface area contributed by atoms with Crippen molar-refractivity contribution in [2.75, 3.05) is 19.5 Å². The number of aliphatic hydroxyl groups excluding tert-OH is 1. The number of carbonyl (C=O) groups is 1. The van der Waals surface area contributed by atoms with Crippen molar-refractivity contribution >= 4 is 11.6 Å². The smallest absolute Gasteiger partial charge is 0.255 e. The largest absolute Gasteiger partial charge is 0.494 e. The van der Waals surface area contributed by atoms with Crippen molar-refractivity contribution in [2.24, 2.45) is 5.92 Å². The van der Waals surface area contributed by atoms with Crippen LogP contribution >= 0.6 is 0 Å². The highest BCUT2D eigenvalue weighted by molar-refractivity contribution is 5.98. The lowest BCUT2D eigenvalue weighted by molar-refractivity contribution is 0.0870. The van der Waals surface area contributed by atoms with E-state index in [1.807, 2.05) is 0 Å². The van der Waals surface area contributed by atoms with Crippen molar-refractivity contribution in [2.45, 2.75) is 31.7 Å². The lowest BCUT2D eigenvalue weighted by Crippen LogP contribution is -2.43. The molecule has 1 aromatic rings. The Kier molecular flexibility index (Phi) is 4.84. The van der Waals surface area contributed by atoms with Crippen LogP contribution in [0.2, 0.25) is 0 Å². The second-order valence-electron chi connectivity index (χ2n) is 5.24. The standard InChI is InChI=1S/C15H22N2O3/c1-20-14-11(6-4-7-12(14)16)15(19)17-13-8-3-2-5-10(13)9-18/h4,6-7,10,13,18H,2-3,5,8-9,16H2,1H3,(H,17,19). The number of para-hydroxylation sites is 1. The van der Waals surface area contributed by atoms with Gasteiger partial charge >= 0.3 is 0 Å². The summed E-state index contributed by atoms with van der Waals surface area (Å²) in [6.07, 6.45) is 4.05. The van der Waals surface area contributed by atoms with Crippen molar-refractivity contribution in [1.29, 1.82) is 0 Å². The highest BCUT2D eigenvalue weighted by Crippen LogP contribution is 2.28. The van der Waals surface area contributed by atoms with Crippen molar-refractivity contribution in [3.05, 3.63) is 23.8 Å². The molecular weight excluding hydrogens is 256 g/mol. The van der Waals surface area contributed by atoms with Crippen LogP contribution in [0.1, 0.15) is 36.0 Å². The van der Waals surface area contributed by atoms with Gasteiger partial charge in [0.05, 0.1) is 18.4 Å². The van der Waals surface area contributed by atoms with Crippen molar-refractivity contribution in [3.63, 3.8) is 0 Å². The number of methoxy groups -OCH3 is 1. The van der Waals surface area contributed by atoms with Crippen LogP contribution in [0.3, 0.4) is 0 Å². The minimum absolute atomic E-state index is 0.0207. The molecule has 1 aliphatic rings. The molecule has 0 aromatic heterocycles. The molecule has 0 heterocycles. The van der Waals surface area contributed by atoms with Crippen LogP contribution in [0.4, 0.5) is 5.69 Å². The molecule has 0 radical (unpaired) electrons. The van der Waals surface area contributed by atoms with Crippen molar-refractivity contribution < 1.29 is 14.6 Å². The van der Waals surface area contributed by atoms with E-state index >= 15 is 0 Å². The average molecular weight is 278 g/mol. The summed E-state index contributed by atoms with van der Waals surface area (Å²) in [6.45, 7) is 0.110. The normalized spacial score (nSPS) is 22.3. The molecule has 2 rings (SSSR count). The van der Waals surface area contributed by atoms with Gasteiger partial charge in [0, 0.05) is 18.6 Å². The first-order valence-corrected chi connectivity index (χ1v) is 7.01. The summed E-state index contributed by atoms with van der Waals surface area (Å²) in [5, 5.41) is 12.4. The van der Waals surface area contributed by atoms with E-state index in [1.54, 1.807) is 18.2 Å². The summed E-state index contributed by atoms with van der Waals surface area (Å²) in [5.74, 6) is 0.348. The Morgan fingerprint density at radius 2 is 2.20 bits per heavy atom. The Morgan fingerprint density at radius 1 is 1.45 bits per heavy atom. The van der Waals surface area contributed by atoms with Gasteiger partial charge in [0.25, 0.3) is 5.91 Å². The number of nitrogen functional groups attached to an aromatic ring is 1. The molecule has 20 heavy (non-hydrogen) atoms. The van der Waals surface area contributed by atoms with Crippen molar-refractivity contribution in [1.82, 2.24) is 5.32 Å². The van der Waals surface area contributed by atoms with Gasteiger partial charge in [-0.25, -0.2) is 0 Å². The quantitative estimate of drug-likeness (QED) is 0.730. The highest BCUT2D eigenvalue weighted by atomic mass is 16.5. The molecule has 1 aromatic carbocycles. The number of ether oxygens (including phenoxy) is 1. The first kappa shape index (κ1) is 14.7. The predicted molar refractivity (Wildman–Crippen MR) is 77.7 cm³/mol. The van der Waals surface area contributed by atoms with Gasteiger partial charge in [-0.15, -0.1) is 0 Å². The summed E-state index contributed by atoms with van der Waals surface area (Å²) in [7, 11) is 1.50. The Hall–Kier alpha value is -1.75. The van der Waals surface area contributed by atoms with Crippen LogP contribution in [0.15, 0.2) is 18.2 Å². The molecule has 1 amide bonds. The minimum Gasteiger partial charge on any atom is -0.494 e. The van der Waals surface area contributed by atoms with Gasteiger partial charge in [-0.2, -0.15) is 0 Å². The molecule has 0 saturated heterocycles. The maximum absolute atomic E-state index is 12.4. The van der Waals surface area contributed by atoms with E-state index < -0.39 is 0 Å². The number of nitrogens with one attached hydrogen (secondary N) is 1. The van der Waals surface area contributed by atoms with Crippen LogP contribution in [0.25, 0.3) is 0 Å². The summed E-state index contributed by atoms with van der Waals surface area (Å²) >= 11 is 0. The fraction of sp³-hybridized carbons (Fsp3) is 0.533. The second kappa shape index (κ2) is 6.61. The molecule has 0 aliphatic heterocycles. The molecule has 5 nitrogen and oxygen atoms in total. The number of amides is 1. The van der Waals surface area contributed by atoms with Gasteiger partial charge in [0.2, 0.25) is 0 Å². The molecule has 2 unspecified atom stereocenters. The van der Waals surface area contributed by atoms with Gasteiger partial charge in [-0.05, 0) is 25.0 Å².